The first-order valence-electron chi connectivity index (χ1n) is 12.2. The normalized spacial score (nSPS) is 35.9. The molecule has 172 valence electrons. The number of nitrogens with one attached hydrogen (secondary N) is 1. The number of hydrogen-bond acceptors (Lipinski definition) is 4. The Morgan fingerprint density at radius 3 is 2.57 bits per heavy atom. The fourth-order valence-corrected chi connectivity index (χ4v) is 6.40. The molecule has 5 fully saturated rings. The molecule has 0 aromatic rings. The lowest BCUT2D eigenvalue weighted by atomic mass is 9.46. The van der Waals surface area contributed by atoms with E-state index in [4.69, 9.17) is 19.2 Å². The summed E-state index contributed by atoms with van der Waals surface area (Å²) in [5.74, 6) is 1.82. The summed E-state index contributed by atoms with van der Waals surface area (Å²) in [6.45, 7) is 7.67. The van der Waals surface area contributed by atoms with Crippen molar-refractivity contribution in [3.63, 3.8) is 0 Å². The standard InChI is InChI=1S/C23H39N3O3.HI/c1-2-24-22(25-20-19-9-15-28-21(19)23(20)10-5-11-23)26-12-7-17(8-13-26)29-16-18-6-3-4-14-27-18;/h17-21H,2-16H2,1H3,(H,24,25);1H. The molecule has 3 saturated heterocycles. The highest BCUT2D eigenvalue weighted by Gasteiger charge is 2.66. The first-order valence-corrected chi connectivity index (χ1v) is 12.2. The van der Waals surface area contributed by atoms with E-state index in [-0.39, 0.29) is 24.0 Å². The van der Waals surface area contributed by atoms with Crippen LogP contribution in [0.3, 0.4) is 0 Å². The second-order valence-electron chi connectivity index (χ2n) is 9.76. The minimum Gasteiger partial charge on any atom is -0.377 e. The van der Waals surface area contributed by atoms with Gasteiger partial charge < -0.3 is 24.4 Å². The zero-order chi connectivity index (χ0) is 19.7. The lowest BCUT2D eigenvalue weighted by Crippen LogP contribution is -2.72. The molecule has 1 spiro atoms. The van der Waals surface area contributed by atoms with Crippen LogP contribution in [-0.4, -0.2) is 74.7 Å². The van der Waals surface area contributed by atoms with E-state index >= 15 is 0 Å². The predicted octanol–water partition coefficient (Wildman–Crippen LogP) is 3.58. The van der Waals surface area contributed by atoms with Gasteiger partial charge in [-0.15, -0.1) is 24.0 Å². The van der Waals surface area contributed by atoms with E-state index in [0.717, 1.165) is 64.7 Å². The van der Waals surface area contributed by atoms with Crippen molar-refractivity contribution in [3.05, 3.63) is 0 Å². The van der Waals surface area contributed by atoms with E-state index in [1.165, 1.54) is 38.5 Å². The summed E-state index contributed by atoms with van der Waals surface area (Å²) in [5, 5.41) is 3.92. The van der Waals surface area contributed by atoms with Gasteiger partial charge in [-0.25, -0.2) is 0 Å². The van der Waals surface area contributed by atoms with Crippen LogP contribution in [0.5, 0.6) is 0 Å². The number of halogens is 1. The molecule has 5 aliphatic rings. The van der Waals surface area contributed by atoms with Gasteiger partial charge in [-0.2, -0.15) is 0 Å². The number of likely N-dealkylation sites (tertiary alicyclic amines) is 1. The van der Waals surface area contributed by atoms with Crippen molar-refractivity contribution in [2.24, 2.45) is 16.3 Å². The Morgan fingerprint density at radius 2 is 1.90 bits per heavy atom. The second kappa shape index (κ2) is 10.2. The van der Waals surface area contributed by atoms with Gasteiger partial charge in [0.15, 0.2) is 5.96 Å². The first-order chi connectivity index (χ1) is 14.3. The Hall–Kier alpha value is -0.120. The van der Waals surface area contributed by atoms with Crippen molar-refractivity contribution >= 4 is 29.9 Å². The number of ether oxygens (including phenoxy) is 3. The van der Waals surface area contributed by atoms with Crippen molar-refractivity contribution in [1.29, 1.82) is 0 Å². The fraction of sp³-hybridized carbons (Fsp3) is 0.957. The van der Waals surface area contributed by atoms with Gasteiger partial charge in [0.05, 0.1) is 24.9 Å². The third-order valence-corrected chi connectivity index (χ3v) is 8.16. The van der Waals surface area contributed by atoms with Crippen LogP contribution in [0.25, 0.3) is 0 Å². The van der Waals surface area contributed by atoms with Crippen LogP contribution in [0.1, 0.15) is 64.7 Å². The maximum Gasteiger partial charge on any atom is 0.194 e. The van der Waals surface area contributed by atoms with Crippen LogP contribution in [0.2, 0.25) is 0 Å². The second-order valence-corrected chi connectivity index (χ2v) is 9.76. The lowest BCUT2D eigenvalue weighted by Gasteiger charge is -2.63. The van der Waals surface area contributed by atoms with Crippen molar-refractivity contribution in [2.45, 2.75) is 89.1 Å². The smallest absolute Gasteiger partial charge is 0.194 e. The van der Waals surface area contributed by atoms with Crippen molar-refractivity contribution < 1.29 is 14.2 Å². The van der Waals surface area contributed by atoms with Gasteiger partial charge in [-0.05, 0) is 58.3 Å². The molecule has 0 amide bonds. The molecule has 3 heterocycles. The van der Waals surface area contributed by atoms with E-state index in [1.54, 1.807) is 0 Å². The molecular formula is C23H40IN3O3. The molecule has 3 aliphatic heterocycles. The number of hydrogen-bond donors (Lipinski definition) is 1. The molecule has 2 saturated carbocycles. The summed E-state index contributed by atoms with van der Waals surface area (Å²) in [4.78, 5) is 7.35. The Kier molecular flexibility index (Phi) is 7.85. The van der Waals surface area contributed by atoms with Crippen LogP contribution in [-0.2, 0) is 14.2 Å². The third kappa shape index (κ3) is 4.37. The lowest BCUT2D eigenvalue weighted by molar-refractivity contribution is -0.171. The Balaban J connectivity index is 0.00000218. The average molecular weight is 533 g/mol. The maximum absolute atomic E-state index is 6.21. The number of nitrogens with zero attached hydrogens (tertiary/aromatic N) is 2. The van der Waals surface area contributed by atoms with Crippen molar-refractivity contribution in [2.75, 3.05) is 39.5 Å². The van der Waals surface area contributed by atoms with Gasteiger partial charge >= 0.3 is 0 Å². The molecule has 4 atom stereocenters. The molecule has 2 aliphatic carbocycles. The highest BCUT2D eigenvalue weighted by molar-refractivity contribution is 14.0. The largest absolute Gasteiger partial charge is 0.377 e. The summed E-state index contributed by atoms with van der Waals surface area (Å²) in [7, 11) is 0. The molecule has 0 aromatic carbocycles. The molecule has 7 heteroatoms. The Morgan fingerprint density at radius 1 is 1.07 bits per heavy atom. The van der Waals surface area contributed by atoms with Crippen LogP contribution in [0, 0.1) is 11.3 Å². The number of rotatable bonds is 5. The topological polar surface area (TPSA) is 55.3 Å². The van der Waals surface area contributed by atoms with Crippen molar-refractivity contribution in [3.8, 4) is 0 Å². The van der Waals surface area contributed by atoms with Crippen LogP contribution in [0.15, 0.2) is 4.99 Å². The number of aliphatic imine (C=N–C) groups is 1. The molecule has 30 heavy (non-hydrogen) atoms. The SMILES string of the molecule is CCN=C(NC1C2CCOC2C12CCC2)N1CCC(OCC2CCCCO2)CC1.I. The molecule has 0 aromatic heterocycles. The average Bonchev–Trinajstić information content (AvgIpc) is 3.14. The Labute approximate surface area is 198 Å². The number of guanidine groups is 1. The van der Waals surface area contributed by atoms with Gasteiger partial charge in [0.2, 0.25) is 0 Å². The summed E-state index contributed by atoms with van der Waals surface area (Å²) >= 11 is 0. The summed E-state index contributed by atoms with van der Waals surface area (Å²) in [6.07, 6.45) is 12.2. The quantitative estimate of drug-likeness (QED) is 0.333. The summed E-state index contributed by atoms with van der Waals surface area (Å²) < 4.78 is 18.1. The highest BCUT2D eigenvalue weighted by Crippen LogP contribution is 2.62. The fourth-order valence-electron chi connectivity index (χ4n) is 6.40. The Bertz CT molecular complexity index is 586. The predicted molar refractivity (Wildman–Crippen MR) is 129 cm³/mol. The number of piperidine rings is 1. The molecule has 5 rings (SSSR count). The first kappa shape index (κ1) is 23.1. The van der Waals surface area contributed by atoms with Crippen molar-refractivity contribution in [1.82, 2.24) is 10.2 Å². The van der Waals surface area contributed by atoms with E-state index in [2.05, 4.69) is 17.1 Å². The van der Waals surface area contributed by atoms with E-state index < -0.39 is 0 Å². The zero-order valence-corrected chi connectivity index (χ0v) is 20.9. The van der Waals surface area contributed by atoms with Gasteiger partial charge in [0.25, 0.3) is 0 Å². The molecule has 0 radical (unpaired) electrons. The van der Waals surface area contributed by atoms with Gasteiger partial charge in [0.1, 0.15) is 0 Å². The number of fused-ring (bicyclic) bond motifs is 2. The van der Waals surface area contributed by atoms with Gasteiger partial charge in [-0.3, -0.25) is 4.99 Å². The highest BCUT2D eigenvalue weighted by atomic mass is 127. The van der Waals surface area contributed by atoms with E-state index in [1.807, 2.05) is 0 Å². The van der Waals surface area contributed by atoms with E-state index in [9.17, 15) is 0 Å². The monoisotopic (exact) mass is 533 g/mol. The maximum atomic E-state index is 6.21. The zero-order valence-electron chi connectivity index (χ0n) is 18.5. The summed E-state index contributed by atoms with van der Waals surface area (Å²) in [5.41, 5.74) is 0.400. The molecule has 4 unspecified atom stereocenters. The van der Waals surface area contributed by atoms with Crippen LogP contribution < -0.4 is 5.32 Å². The molecular weight excluding hydrogens is 493 g/mol. The molecule has 6 nitrogen and oxygen atoms in total. The van der Waals surface area contributed by atoms with E-state index in [0.29, 0.717) is 35.7 Å². The van der Waals surface area contributed by atoms with Gasteiger partial charge in [-0.1, -0.05) is 6.42 Å². The summed E-state index contributed by atoms with van der Waals surface area (Å²) in [6, 6.07) is 0.562. The molecule has 1 N–H and O–H groups in total. The minimum absolute atomic E-state index is 0. The van der Waals surface area contributed by atoms with Crippen LogP contribution >= 0.6 is 24.0 Å². The van der Waals surface area contributed by atoms with Crippen LogP contribution in [0.4, 0.5) is 0 Å². The minimum atomic E-state index is 0. The molecule has 0 bridgehead atoms. The third-order valence-electron chi connectivity index (χ3n) is 8.16. The van der Waals surface area contributed by atoms with Gasteiger partial charge in [0, 0.05) is 50.2 Å².